The summed E-state index contributed by atoms with van der Waals surface area (Å²) in [6, 6.07) is 7.22. The lowest BCUT2D eigenvalue weighted by Crippen LogP contribution is -2.21. The number of aryl methyl sites for hydroxylation is 1. The zero-order valence-electron chi connectivity index (χ0n) is 13.7. The molecule has 124 valence electrons. The highest BCUT2D eigenvalue weighted by Gasteiger charge is 2.17. The van der Waals surface area contributed by atoms with Crippen molar-refractivity contribution < 1.29 is 5.11 Å². The molecule has 0 saturated carbocycles. The van der Waals surface area contributed by atoms with E-state index in [1.165, 1.54) is 0 Å². The number of aromatic hydroxyl groups is 1. The fourth-order valence-electron chi connectivity index (χ4n) is 2.47. The first-order valence-corrected chi connectivity index (χ1v) is 7.68. The van der Waals surface area contributed by atoms with Crippen LogP contribution < -0.4 is 10.7 Å². The van der Waals surface area contributed by atoms with Crippen molar-refractivity contribution in [3.8, 4) is 5.88 Å². The molecule has 2 N–H and O–H groups in total. The standard InChI is InChI=1S/C19H21N3O2/c1-4-11-20-12-8-13-21-14(3)17-18(23)15-9-6-7-10-16(15)22(5-2)19(17)24/h4,6-12,21,24H,1,3,5,13H2,2H3/b12-8-,20-11-. The highest BCUT2D eigenvalue weighted by Crippen LogP contribution is 2.24. The number of nitrogens with zero attached hydrogens (tertiary/aromatic N) is 2. The average Bonchev–Trinajstić information content (AvgIpc) is 2.58. The van der Waals surface area contributed by atoms with E-state index in [0.717, 1.165) is 0 Å². The number of rotatable bonds is 7. The van der Waals surface area contributed by atoms with Gasteiger partial charge in [-0.05, 0) is 25.1 Å². The van der Waals surface area contributed by atoms with E-state index < -0.39 is 0 Å². The van der Waals surface area contributed by atoms with Crippen molar-refractivity contribution in [3.05, 3.63) is 71.6 Å². The van der Waals surface area contributed by atoms with Gasteiger partial charge in [0, 0.05) is 36.6 Å². The monoisotopic (exact) mass is 323 g/mol. The fourth-order valence-corrected chi connectivity index (χ4v) is 2.47. The third-order valence-electron chi connectivity index (χ3n) is 3.58. The van der Waals surface area contributed by atoms with Gasteiger partial charge in [0.2, 0.25) is 11.3 Å². The van der Waals surface area contributed by atoms with Crippen molar-refractivity contribution in [2.75, 3.05) is 6.54 Å². The zero-order valence-corrected chi connectivity index (χ0v) is 13.7. The van der Waals surface area contributed by atoms with Gasteiger partial charge in [-0.1, -0.05) is 31.4 Å². The number of allylic oxidation sites excluding steroid dienone is 1. The quantitative estimate of drug-likeness (QED) is 0.770. The molecule has 1 heterocycles. The van der Waals surface area contributed by atoms with Crippen LogP contribution in [-0.2, 0) is 6.54 Å². The summed E-state index contributed by atoms with van der Waals surface area (Å²) in [6.45, 7) is 10.3. The van der Waals surface area contributed by atoms with Crippen LogP contribution in [0.5, 0.6) is 5.88 Å². The van der Waals surface area contributed by atoms with Crippen molar-refractivity contribution in [1.82, 2.24) is 9.88 Å². The zero-order chi connectivity index (χ0) is 17.5. The predicted molar refractivity (Wildman–Crippen MR) is 100 cm³/mol. The first-order chi connectivity index (χ1) is 11.6. The van der Waals surface area contributed by atoms with Gasteiger partial charge in [-0.15, -0.1) is 0 Å². The van der Waals surface area contributed by atoms with Gasteiger partial charge in [-0.3, -0.25) is 9.79 Å². The van der Waals surface area contributed by atoms with E-state index in [0.29, 0.717) is 29.7 Å². The Kier molecular flexibility index (Phi) is 5.73. The number of pyridine rings is 1. The van der Waals surface area contributed by atoms with Gasteiger partial charge in [0.25, 0.3) is 0 Å². The molecule has 0 saturated heterocycles. The normalized spacial score (nSPS) is 11.4. The molecular weight excluding hydrogens is 302 g/mol. The van der Waals surface area contributed by atoms with E-state index in [-0.39, 0.29) is 16.9 Å². The molecule has 0 amide bonds. The van der Waals surface area contributed by atoms with Crippen LogP contribution in [0.3, 0.4) is 0 Å². The number of hydrogen-bond acceptors (Lipinski definition) is 4. The molecule has 0 radical (unpaired) electrons. The largest absolute Gasteiger partial charge is 0.494 e. The SMILES string of the molecule is C=C/C=N\C=C/CNC(=C)c1c(O)n(CC)c2ccccc2c1=O. The van der Waals surface area contributed by atoms with Crippen molar-refractivity contribution >= 4 is 22.8 Å². The molecule has 1 aromatic heterocycles. The Morgan fingerprint density at radius 3 is 2.88 bits per heavy atom. The molecule has 24 heavy (non-hydrogen) atoms. The van der Waals surface area contributed by atoms with Crippen molar-refractivity contribution in [2.24, 2.45) is 4.99 Å². The van der Waals surface area contributed by atoms with Gasteiger partial charge in [-0.2, -0.15) is 0 Å². The first-order valence-electron chi connectivity index (χ1n) is 7.68. The molecule has 0 fully saturated rings. The summed E-state index contributed by atoms with van der Waals surface area (Å²) >= 11 is 0. The Bertz CT molecular complexity index is 876. The average molecular weight is 323 g/mol. The Morgan fingerprint density at radius 2 is 2.17 bits per heavy atom. The summed E-state index contributed by atoms with van der Waals surface area (Å²) in [7, 11) is 0. The maximum atomic E-state index is 12.7. The molecule has 5 nitrogen and oxygen atoms in total. The summed E-state index contributed by atoms with van der Waals surface area (Å²) in [4.78, 5) is 16.7. The molecule has 0 atom stereocenters. The summed E-state index contributed by atoms with van der Waals surface area (Å²) in [5.74, 6) is -0.0765. The minimum atomic E-state index is -0.237. The molecule has 5 heteroatoms. The van der Waals surface area contributed by atoms with Crippen LogP contribution in [0.1, 0.15) is 12.5 Å². The Hall–Kier alpha value is -3.08. The minimum absolute atomic E-state index is 0.0765. The highest BCUT2D eigenvalue weighted by atomic mass is 16.3. The third-order valence-corrected chi connectivity index (χ3v) is 3.58. The second kappa shape index (κ2) is 7.97. The van der Waals surface area contributed by atoms with E-state index in [2.05, 4.69) is 23.5 Å². The van der Waals surface area contributed by atoms with Crippen LogP contribution in [0.2, 0.25) is 0 Å². The van der Waals surface area contributed by atoms with Crippen LogP contribution >= 0.6 is 0 Å². The topological polar surface area (TPSA) is 66.6 Å². The van der Waals surface area contributed by atoms with Crippen LogP contribution in [0.15, 0.2) is 65.6 Å². The van der Waals surface area contributed by atoms with Gasteiger partial charge in [0.15, 0.2) is 0 Å². The fraction of sp³-hybridized carbons (Fsp3) is 0.158. The van der Waals surface area contributed by atoms with Crippen LogP contribution in [-0.4, -0.2) is 22.4 Å². The van der Waals surface area contributed by atoms with Crippen molar-refractivity contribution in [3.63, 3.8) is 0 Å². The number of nitrogens with one attached hydrogen (secondary N) is 1. The summed E-state index contributed by atoms with van der Waals surface area (Å²) in [5.41, 5.74) is 1.04. The van der Waals surface area contributed by atoms with Gasteiger partial charge in [-0.25, -0.2) is 0 Å². The lowest BCUT2D eigenvalue weighted by molar-refractivity contribution is 0.419. The maximum absolute atomic E-state index is 12.7. The van der Waals surface area contributed by atoms with E-state index in [1.807, 2.05) is 19.1 Å². The van der Waals surface area contributed by atoms with E-state index in [1.54, 1.807) is 41.3 Å². The molecule has 2 aromatic rings. The summed E-state index contributed by atoms with van der Waals surface area (Å²) in [5, 5.41) is 14.1. The molecule has 0 bridgehead atoms. The van der Waals surface area contributed by atoms with E-state index >= 15 is 0 Å². The second-order valence-electron chi connectivity index (χ2n) is 5.07. The molecule has 0 spiro atoms. The van der Waals surface area contributed by atoms with Gasteiger partial charge in [0.05, 0.1) is 5.52 Å². The van der Waals surface area contributed by atoms with Crippen LogP contribution in [0.25, 0.3) is 16.6 Å². The van der Waals surface area contributed by atoms with Gasteiger partial charge >= 0.3 is 0 Å². The highest BCUT2D eigenvalue weighted by molar-refractivity contribution is 5.84. The smallest absolute Gasteiger partial charge is 0.205 e. The number of benzene rings is 1. The molecule has 0 unspecified atom stereocenters. The number of aliphatic imine (C=N–C) groups is 1. The van der Waals surface area contributed by atoms with E-state index in [9.17, 15) is 9.90 Å². The Morgan fingerprint density at radius 1 is 1.42 bits per heavy atom. The van der Waals surface area contributed by atoms with Crippen LogP contribution in [0, 0.1) is 0 Å². The molecule has 0 aliphatic heterocycles. The van der Waals surface area contributed by atoms with Gasteiger partial charge in [0.1, 0.15) is 5.56 Å². The molecule has 1 aromatic carbocycles. The number of hydrogen-bond donors (Lipinski definition) is 2. The minimum Gasteiger partial charge on any atom is -0.494 e. The van der Waals surface area contributed by atoms with Crippen molar-refractivity contribution in [1.29, 1.82) is 0 Å². The summed E-state index contributed by atoms with van der Waals surface area (Å²) in [6.07, 6.45) is 6.55. The lowest BCUT2D eigenvalue weighted by Gasteiger charge is -2.16. The van der Waals surface area contributed by atoms with Crippen molar-refractivity contribution in [2.45, 2.75) is 13.5 Å². The van der Waals surface area contributed by atoms with Crippen LogP contribution in [0.4, 0.5) is 0 Å². The number of para-hydroxylation sites is 1. The van der Waals surface area contributed by atoms with E-state index in [4.69, 9.17) is 0 Å². The lowest BCUT2D eigenvalue weighted by atomic mass is 10.1. The first kappa shape index (κ1) is 17.3. The Labute approximate surface area is 141 Å². The summed E-state index contributed by atoms with van der Waals surface area (Å²) < 4.78 is 1.70. The Balaban J connectivity index is 2.36. The molecule has 2 rings (SSSR count). The number of aromatic nitrogens is 1. The van der Waals surface area contributed by atoms with Gasteiger partial charge < -0.3 is 15.0 Å². The predicted octanol–water partition coefficient (Wildman–Crippen LogP) is 3.06. The molecule has 0 aliphatic carbocycles. The molecular formula is C19H21N3O2. The second-order valence-corrected chi connectivity index (χ2v) is 5.07. The maximum Gasteiger partial charge on any atom is 0.205 e. The number of fused-ring (bicyclic) bond motifs is 1. The third kappa shape index (κ3) is 3.46. The molecule has 0 aliphatic rings.